The molecule has 0 radical (unpaired) electrons. The van der Waals surface area contributed by atoms with Crippen molar-refractivity contribution >= 4 is 34.0 Å². The molecule has 0 unspecified atom stereocenters. The minimum absolute atomic E-state index is 0.230. The van der Waals surface area contributed by atoms with Crippen molar-refractivity contribution in [2.75, 3.05) is 61.9 Å². The zero-order chi connectivity index (χ0) is 27.3. The number of hydrogen-bond acceptors (Lipinski definition) is 8. The van der Waals surface area contributed by atoms with Crippen LogP contribution in [0.15, 0.2) is 71.7 Å². The number of fused-ring (bicyclic) bond motifs is 1. The number of hydrogen-bond donors (Lipinski definition) is 2. The number of nitrogens with zero attached hydrogens (tertiary/aromatic N) is 5. The number of nitrogens with two attached hydrogens (primary N) is 1. The second-order valence-corrected chi connectivity index (χ2v) is 10.7. The van der Waals surface area contributed by atoms with E-state index in [4.69, 9.17) is 10.5 Å². The van der Waals surface area contributed by atoms with Crippen LogP contribution in [0.4, 0.5) is 23.0 Å². The fourth-order valence-corrected chi connectivity index (χ4v) is 5.81. The first-order valence-corrected chi connectivity index (χ1v) is 14.3. The molecule has 2 aliphatic rings. The summed E-state index contributed by atoms with van der Waals surface area (Å²) in [6.07, 6.45) is 6.78. The number of ether oxygens (including phenoxy) is 1. The summed E-state index contributed by atoms with van der Waals surface area (Å²) in [6, 6.07) is 19.3. The molecule has 208 valence electrons. The Kier molecular flexibility index (Phi) is 7.92. The highest BCUT2D eigenvalue weighted by Gasteiger charge is 2.20. The zero-order valence-corrected chi connectivity index (χ0v) is 22.8. The number of anilines is 4. The van der Waals surface area contributed by atoms with Crippen molar-refractivity contribution in [1.82, 2.24) is 19.4 Å². The molecule has 2 saturated heterocycles. The molecule has 0 bridgehead atoms. The number of nitrogens with one attached hydrogen (secondary N) is 1. The smallest absolute Gasteiger partial charge is 0.258 e. The van der Waals surface area contributed by atoms with Crippen LogP contribution in [0.25, 0.3) is 16.7 Å². The van der Waals surface area contributed by atoms with Crippen LogP contribution >= 0.6 is 0 Å². The molecule has 4 heterocycles. The lowest BCUT2D eigenvalue weighted by molar-refractivity contribution is 0.0365. The van der Waals surface area contributed by atoms with Gasteiger partial charge in [0.25, 0.3) is 5.56 Å². The quantitative estimate of drug-likeness (QED) is 0.339. The van der Waals surface area contributed by atoms with Crippen LogP contribution in [-0.2, 0) is 4.74 Å². The Bertz CT molecular complexity index is 1480. The summed E-state index contributed by atoms with van der Waals surface area (Å²) in [4.78, 5) is 27.0. The number of benzene rings is 2. The number of nitrogen functional groups attached to an aromatic ring is 1. The van der Waals surface area contributed by atoms with Gasteiger partial charge in [-0.2, -0.15) is 4.98 Å². The van der Waals surface area contributed by atoms with Gasteiger partial charge in [-0.05, 0) is 74.5 Å². The van der Waals surface area contributed by atoms with Crippen molar-refractivity contribution < 1.29 is 4.74 Å². The predicted molar refractivity (Wildman–Crippen MR) is 161 cm³/mol. The van der Waals surface area contributed by atoms with Crippen LogP contribution in [0.3, 0.4) is 0 Å². The van der Waals surface area contributed by atoms with Gasteiger partial charge in [0.1, 0.15) is 0 Å². The van der Waals surface area contributed by atoms with Crippen LogP contribution in [0, 0.1) is 5.92 Å². The molecule has 40 heavy (non-hydrogen) atoms. The van der Waals surface area contributed by atoms with Crippen LogP contribution in [0.2, 0.25) is 0 Å². The van der Waals surface area contributed by atoms with Gasteiger partial charge >= 0.3 is 0 Å². The van der Waals surface area contributed by atoms with Crippen LogP contribution in [-0.4, -0.2) is 65.4 Å². The number of rotatable bonds is 8. The summed E-state index contributed by atoms with van der Waals surface area (Å²) < 4.78 is 7.02. The van der Waals surface area contributed by atoms with E-state index in [0.717, 1.165) is 56.7 Å². The van der Waals surface area contributed by atoms with E-state index in [1.807, 2.05) is 30.3 Å². The first-order chi connectivity index (χ1) is 19.6. The van der Waals surface area contributed by atoms with Gasteiger partial charge in [0.05, 0.1) is 24.3 Å². The Morgan fingerprint density at radius 1 is 0.950 bits per heavy atom. The van der Waals surface area contributed by atoms with Crippen molar-refractivity contribution in [3.8, 4) is 5.69 Å². The Labute approximate surface area is 234 Å². The maximum absolute atomic E-state index is 12.8. The number of aromatic nitrogens is 3. The van der Waals surface area contributed by atoms with E-state index in [9.17, 15) is 4.79 Å². The summed E-state index contributed by atoms with van der Waals surface area (Å²) in [5.74, 6) is 1.23. The molecular weight excluding hydrogens is 502 g/mol. The van der Waals surface area contributed by atoms with Gasteiger partial charge < -0.3 is 20.7 Å². The molecule has 2 fully saturated rings. The average molecular weight is 540 g/mol. The summed E-state index contributed by atoms with van der Waals surface area (Å²) in [5, 5.41) is 3.93. The minimum atomic E-state index is -0.230. The molecule has 0 aliphatic carbocycles. The molecule has 9 heteroatoms. The lowest BCUT2D eigenvalue weighted by atomic mass is 9.92. The van der Waals surface area contributed by atoms with Crippen LogP contribution in [0.1, 0.15) is 25.7 Å². The first-order valence-electron chi connectivity index (χ1n) is 14.3. The standard InChI is InChI=1S/C31H37N7O2/c32-28-21-29(39)38(26-6-2-1-3-7-26)30-27(28)22-33-31(35-30)34-24-8-10-25(11-9-24)37-15-12-23(13-16-37)5-4-14-36-17-19-40-20-18-36/h1-3,6-11,21-23H,4-5,12-20,32H2,(H,33,34,35). The fraction of sp³-hybridized carbons (Fsp3) is 0.387. The van der Waals surface area contributed by atoms with Gasteiger partial charge in [-0.25, -0.2) is 4.98 Å². The maximum Gasteiger partial charge on any atom is 0.258 e. The average Bonchev–Trinajstić information content (AvgIpc) is 2.99. The predicted octanol–water partition coefficient (Wildman–Crippen LogP) is 4.44. The summed E-state index contributed by atoms with van der Waals surface area (Å²) in [5.41, 5.74) is 9.59. The molecule has 2 aliphatic heterocycles. The van der Waals surface area contributed by atoms with E-state index in [0.29, 0.717) is 22.7 Å². The van der Waals surface area contributed by atoms with Gasteiger partial charge in [-0.1, -0.05) is 18.2 Å². The maximum atomic E-state index is 12.8. The van der Waals surface area contributed by atoms with E-state index in [1.54, 1.807) is 10.8 Å². The van der Waals surface area contributed by atoms with Crippen LogP contribution in [0.5, 0.6) is 0 Å². The second-order valence-electron chi connectivity index (χ2n) is 10.7. The summed E-state index contributed by atoms with van der Waals surface area (Å²) >= 11 is 0. The van der Waals surface area contributed by atoms with Crippen molar-refractivity contribution in [3.63, 3.8) is 0 Å². The van der Waals surface area contributed by atoms with Crippen molar-refractivity contribution in [3.05, 3.63) is 77.2 Å². The van der Waals surface area contributed by atoms with Crippen molar-refractivity contribution in [2.45, 2.75) is 25.7 Å². The highest BCUT2D eigenvalue weighted by atomic mass is 16.5. The van der Waals surface area contributed by atoms with Crippen molar-refractivity contribution in [1.29, 1.82) is 0 Å². The largest absolute Gasteiger partial charge is 0.398 e. The van der Waals surface area contributed by atoms with Gasteiger partial charge in [0.15, 0.2) is 5.65 Å². The third kappa shape index (κ3) is 5.95. The van der Waals surface area contributed by atoms with E-state index in [-0.39, 0.29) is 5.56 Å². The van der Waals surface area contributed by atoms with Gasteiger partial charge in [0, 0.05) is 55.5 Å². The zero-order valence-electron chi connectivity index (χ0n) is 22.8. The van der Waals surface area contributed by atoms with E-state index in [2.05, 4.69) is 49.4 Å². The van der Waals surface area contributed by atoms with Gasteiger partial charge in [-0.15, -0.1) is 0 Å². The number of morpholine rings is 1. The summed E-state index contributed by atoms with van der Waals surface area (Å²) in [7, 11) is 0. The number of piperidine rings is 1. The third-order valence-electron chi connectivity index (χ3n) is 8.10. The third-order valence-corrected chi connectivity index (χ3v) is 8.10. The molecule has 0 amide bonds. The Morgan fingerprint density at radius 2 is 1.70 bits per heavy atom. The Morgan fingerprint density at radius 3 is 2.45 bits per heavy atom. The molecule has 2 aromatic carbocycles. The second kappa shape index (κ2) is 12.1. The molecule has 0 spiro atoms. The molecule has 0 saturated carbocycles. The molecule has 2 aromatic heterocycles. The van der Waals surface area contributed by atoms with Gasteiger partial charge in [-0.3, -0.25) is 14.3 Å². The lowest BCUT2D eigenvalue weighted by Gasteiger charge is -2.34. The van der Waals surface area contributed by atoms with Crippen molar-refractivity contribution in [2.24, 2.45) is 5.92 Å². The number of pyridine rings is 1. The normalized spacial score (nSPS) is 16.9. The highest BCUT2D eigenvalue weighted by molar-refractivity contribution is 5.88. The van der Waals surface area contributed by atoms with E-state index in [1.165, 1.54) is 44.0 Å². The topological polar surface area (TPSA) is 102 Å². The van der Waals surface area contributed by atoms with E-state index >= 15 is 0 Å². The Hall–Kier alpha value is -3.95. The molecule has 4 aromatic rings. The fourth-order valence-electron chi connectivity index (χ4n) is 5.81. The van der Waals surface area contributed by atoms with E-state index < -0.39 is 0 Å². The molecule has 9 nitrogen and oxygen atoms in total. The number of para-hydroxylation sites is 1. The van der Waals surface area contributed by atoms with Crippen LogP contribution < -0.4 is 21.5 Å². The Balaban J connectivity index is 1.08. The molecular formula is C31H37N7O2. The monoisotopic (exact) mass is 539 g/mol. The first kappa shape index (κ1) is 26.3. The van der Waals surface area contributed by atoms with Gasteiger partial charge in [0.2, 0.25) is 5.95 Å². The molecule has 0 atom stereocenters. The minimum Gasteiger partial charge on any atom is -0.398 e. The summed E-state index contributed by atoms with van der Waals surface area (Å²) in [6.45, 7) is 7.33. The molecule has 3 N–H and O–H groups in total. The lowest BCUT2D eigenvalue weighted by Crippen LogP contribution is -2.37. The SMILES string of the molecule is Nc1cc(=O)n(-c2ccccc2)c2nc(Nc3ccc(N4CCC(CCCN5CCOCC5)CC4)cc3)ncc12. The highest BCUT2D eigenvalue weighted by Crippen LogP contribution is 2.28. The molecule has 6 rings (SSSR count).